The number of hydrogen-bond acceptors (Lipinski definition) is 7. The molecule has 178 valence electrons. The van der Waals surface area contributed by atoms with Gasteiger partial charge in [-0.25, -0.2) is 8.42 Å². The molecule has 0 bridgehead atoms. The van der Waals surface area contributed by atoms with Crippen LogP contribution in [-0.2, 0) is 21.3 Å². The Morgan fingerprint density at radius 2 is 1.73 bits per heavy atom. The van der Waals surface area contributed by atoms with Crippen LogP contribution in [-0.4, -0.2) is 64.1 Å². The van der Waals surface area contributed by atoms with E-state index in [0.29, 0.717) is 25.4 Å². The quantitative estimate of drug-likeness (QED) is 0.449. The van der Waals surface area contributed by atoms with Gasteiger partial charge < -0.3 is 14.5 Å². The molecule has 4 rings (SSSR count). The van der Waals surface area contributed by atoms with Crippen molar-refractivity contribution in [1.82, 2.24) is 4.31 Å². The molecule has 0 atom stereocenters. The third-order valence-electron chi connectivity index (χ3n) is 6.26. The Bertz CT molecular complexity index is 1100. The molecule has 0 unspecified atom stereocenters. The summed E-state index contributed by atoms with van der Waals surface area (Å²) in [4.78, 5) is 15.5. The van der Waals surface area contributed by atoms with Gasteiger partial charge in [0.15, 0.2) is 0 Å². The summed E-state index contributed by atoms with van der Waals surface area (Å²) < 4.78 is 32.5. The van der Waals surface area contributed by atoms with Gasteiger partial charge in [0.25, 0.3) is 5.69 Å². The topological polar surface area (TPSA) is 96.2 Å². The van der Waals surface area contributed by atoms with Crippen LogP contribution in [0, 0.1) is 10.1 Å². The van der Waals surface area contributed by atoms with E-state index in [9.17, 15) is 18.5 Å². The van der Waals surface area contributed by atoms with Crippen LogP contribution in [0.5, 0.6) is 0 Å². The lowest BCUT2D eigenvalue weighted by Crippen LogP contribution is -2.40. The number of piperidine rings is 1. The van der Waals surface area contributed by atoms with Crippen molar-refractivity contribution in [3.8, 4) is 0 Å². The Morgan fingerprint density at radius 3 is 2.42 bits per heavy atom. The lowest BCUT2D eigenvalue weighted by atomic mass is 10.1. The van der Waals surface area contributed by atoms with Gasteiger partial charge in [0.2, 0.25) is 10.0 Å². The molecular weight excluding hydrogens is 444 g/mol. The molecular formula is C23H30N4O5S. The average Bonchev–Trinajstić information content (AvgIpc) is 2.85. The number of rotatable bonds is 7. The number of nitro benzene ring substituents is 1. The first-order valence-corrected chi connectivity index (χ1v) is 12.7. The first kappa shape index (κ1) is 23.5. The summed E-state index contributed by atoms with van der Waals surface area (Å²) in [5, 5.41) is 11.9. The van der Waals surface area contributed by atoms with Gasteiger partial charge >= 0.3 is 0 Å². The number of anilines is 2. The molecule has 0 aliphatic carbocycles. The zero-order valence-corrected chi connectivity index (χ0v) is 19.7. The maximum atomic E-state index is 13.0. The molecule has 2 fully saturated rings. The third-order valence-corrected chi connectivity index (χ3v) is 8.15. The largest absolute Gasteiger partial charge is 0.379 e. The summed E-state index contributed by atoms with van der Waals surface area (Å²) in [6.07, 6.45) is 3.56. The lowest BCUT2D eigenvalue weighted by molar-refractivity contribution is -0.384. The van der Waals surface area contributed by atoms with Gasteiger partial charge in [0.1, 0.15) is 5.69 Å². The minimum atomic E-state index is -3.82. The summed E-state index contributed by atoms with van der Waals surface area (Å²) in [5.74, 6) is 0. The zero-order valence-electron chi connectivity index (χ0n) is 18.9. The Labute approximate surface area is 194 Å². The monoisotopic (exact) mass is 474 g/mol. The van der Waals surface area contributed by atoms with Crippen molar-refractivity contribution in [3.05, 3.63) is 58.1 Å². The zero-order chi connectivity index (χ0) is 23.4. The van der Waals surface area contributed by atoms with E-state index in [1.807, 2.05) is 23.1 Å². The maximum Gasteiger partial charge on any atom is 0.293 e. The molecule has 0 radical (unpaired) electrons. The smallest absolute Gasteiger partial charge is 0.293 e. The highest BCUT2D eigenvalue weighted by Gasteiger charge is 2.29. The van der Waals surface area contributed by atoms with Crippen LogP contribution in [0.3, 0.4) is 0 Å². The number of hydrogen-bond donors (Lipinski definition) is 0. The average molecular weight is 475 g/mol. The van der Waals surface area contributed by atoms with E-state index in [2.05, 4.69) is 11.0 Å². The highest BCUT2D eigenvalue weighted by Crippen LogP contribution is 2.33. The highest BCUT2D eigenvalue weighted by atomic mass is 32.2. The molecule has 0 amide bonds. The molecule has 2 aliphatic heterocycles. The number of morpholine rings is 1. The van der Waals surface area contributed by atoms with Crippen LogP contribution in [0.2, 0.25) is 0 Å². The molecule has 2 aliphatic rings. The van der Waals surface area contributed by atoms with E-state index in [0.717, 1.165) is 37.2 Å². The normalized spacial score (nSPS) is 17.7. The van der Waals surface area contributed by atoms with E-state index in [4.69, 9.17) is 4.74 Å². The molecule has 2 aromatic rings. The van der Waals surface area contributed by atoms with Gasteiger partial charge in [-0.05, 0) is 43.0 Å². The summed E-state index contributed by atoms with van der Waals surface area (Å²) in [5.41, 5.74) is 2.40. The molecule has 9 nitrogen and oxygen atoms in total. The summed E-state index contributed by atoms with van der Waals surface area (Å²) in [6, 6.07) is 12.3. The number of nitro groups is 1. The van der Waals surface area contributed by atoms with Crippen LogP contribution in [0.25, 0.3) is 0 Å². The van der Waals surface area contributed by atoms with Crippen molar-refractivity contribution in [2.75, 3.05) is 56.2 Å². The van der Waals surface area contributed by atoms with Gasteiger partial charge in [0.05, 0.1) is 23.0 Å². The number of nitrogens with zero attached hydrogens (tertiary/aromatic N) is 4. The van der Waals surface area contributed by atoms with Gasteiger partial charge in [-0.2, -0.15) is 4.31 Å². The predicted molar refractivity (Wildman–Crippen MR) is 127 cm³/mol. The highest BCUT2D eigenvalue weighted by molar-refractivity contribution is 7.89. The van der Waals surface area contributed by atoms with Crippen LogP contribution in [0.15, 0.2) is 47.4 Å². The fraction of sp³-hybridized carbons (Fsp3) is 0.478. The van der Waals surface area contributed by atoms with Crippen molar-refractivity contribution in [2.24, 2.45) is 0 Å². The SMILES string of the molecule is CN(Cc1ccccc1N1CCCCC1)c1ccc(S(=O)(=O)N2CCOCC2)cc1[N+](=O)[O-]. The Balaban J connectivity index is 1.61. The second-order valence-corrected chi connectivity index (χ2v) is 10.4. The fourth-order valence-corrected chi connectivity index (χ4v) is 5.93. The van der Waals surface area contributed by atoms with Gasteiger partial charge in [-0.1, -0.05) is 18.2 Å². The van der Waals surface area contributed by atoms with Gasteiger partial charge in [-0.15, -0.1) is 0 Å². The standard InChI is InChI=1S/C23H30N4O5S/c1-24(18-19-7-3-4-8-21(19)25-11-5-2-6-12-25)22-10-9-20(17-23(22)27(28)29)33(30,31)26-13-15-32-16-14-26/h3-4,7-10,17H,2,5-6,11-16,18H2,1H3. The number of sulfonamides is 1. The summed E-state index contributed by atoms with van der Waals surface area (Å²) >= 11 is 0. The fourth-order valence-electron chi connectivity index (χ4n) is 4.50. The number of para-hydroxylation sites is 1. The molecule has 0 N–H and O–H groups in total. The Morgan fingerprint density at radius 1 is 1.03 bits per heavy atom. The van der Waals surface area contributed by atoms with Crippen molar-refractivity contribution in [1.29, 1.82) is 0 Å². The molecule has 2 heterocycles. The second-order valence-electron chi connectivity index (χ2n) is 8.46. The van der Waals surface area contributed by atoms with E-state index < -0.39 is 14.9 Å². The summed E-state index contributed by atoms with van der Waals surface area (Å²) in [7, 11) is -2.02. The molecule has 2 aromatic carbocycles. The van der Waals surface area contributed by atoms with Crippen molar-refractivity contribution in [3.63, 3.8) is 0 Å². The van der Waals surface area contributed by atoms with Gasteiger partial charge in [-0.3, -0.25) is 10.1 Å². The second kappa shape index (κ2) is 10.1. The van der Waals surface area contributed by atoms with Crippen LogP contribution in [0.4, 0.5) is 17.1 Å². The van der Waals surface area contributed by atoms with Crippen molar-refractivity contribution < 1.29 is 18.1 Å². The first-order valence-electron chi connectivity index (χ1n) is 11.3. The Kier molecular flexibility index (Phi) is 7.16. The van der Waals surface area contributed by atoms with Crippen molar-refractivity contribution >= 4 is 27.1 Å². The van der Waals surface area contributed by atoms with E-state index in [1.54, 1.807) is 7.05 Å². The third kappa shape index (κ3) is 5.13. The van der Waals surface area contributed by atoms with Crippen LogP contribution < -0.4 is 9.80 Å². The molecule has 33 heavy (non-hydrogen) atoms. The van der Waals surface area contributed by atoms with Crippen LogP contribution >= 0.6 is 0 Å². The molecule has 10 heteroatoms. The summed E-state index contributed by atoms with van der Waals surface area (Å²) in [6.45, 7) is 3.61. The molecule has 0 spiro atoms. The van der Waals surface area contributed by atoms with E-state index >= 15 is 0 Å². The molecule has 0 aromatic heterocycles. The molecule has 2 saturated heterocycles. The molecule has 0 saturated carbocycles. The van der Waals surface area contributed by atoms with Crippen molar-refractivity contribution in [2.45, 2.75) is 30.7 Å². The van der Waals surface area contributed by atoms with Gasteiger partial charge in [0, 0.05) is 51.5 Å². The van der Waals surface area contributed by atoms with E-state index in [1.165, 1.54) is 28.9 Å². The predicted octanol–water partition coefficient (Wildman–Crippen LogP) is 3.24. The van der Waals surface area contributed by atoms with Crippen LogP contribution in [0.1, 0.15) is 24.8 Å². The first-order chi connectivity index (χ1) is 15.9. The minimum Gasteiger partial charge on any atom is -0.379 e. The number of ether oxygens (including phenoxy) is 1. The Hall–Kier alpha value is -2.69. The maximum absolute atomic E-state index is 13.0. The lowest BCUT2D eigenvalue weighted by Gasteiger charge is -2.32. The van der Waals surface area contributed by atoms with E-state index in [-0.39, 0.29) is 23.7 Å². The number of benzene rings is 2. The minimum absolute atomic E-state index is 0.0676.